The highest BCUT2D eigenvalue weighted by Gasteiger charge is 2.21. The number of hydrogen-bond donors (Lipinski definition) is 1. The third kappa shape index (κ3) is 2.98. The predicted octanol–water partition coefficient (Wildman–Crippen LogP) is 3.40. The van der Waals surface area contributed by atoms with E-state index >= 15 is 0 Å². The Kier molecular flexibility index (Phi) is 4.03. The van der Waals surface area contributed by atoms with E-state index in [1.54, 1.807) is 31.6 Å². The van der Waals surface area contributed by atoms with Gasteiger partial charge in [0.15, 0.2) is 17.3 Å². The molecule has 0 radical (unpaired) electrons. The van der Waals surface area contributed by atoms with Crippen LogP contribution in [0.2, 0.25) is 0 Å². The van der Waals surface area contributed by atoms with Crippen molar-refractivity contribution >= 4 is 11.7 Å². The SMILES string of the molecule is CN(C(=O)c1cc(-c2cccnc2)on1)c1cc(-c2ccccc2)[nH]n1. The van der Waals surface area contributed by atoms with E-state index < -0.39 is 0 Å². The number of carbonyl (C=O) groups excluding carboxylic acids is 1. The number of rotatable bonds is 4. The molecule has 0 atom stereocenters. The molecule has 4 aromatic rings. The molecule has 128 valence electrons. The number of pyridine rings is 1. The molecule has 1 amide bonds. The summed E-state index contributed by atoms with van der Waals surface area (Å²) in [5.74, 6) is 0.677. The van der Waals surface area contributed by atoms with Gasteiger partial charge in [0.1, 0.15) is 0 Å². The van der Waals surface area contributed by atoms with Crippen molar-refractivity contribution in [3.05, 3.63) is 72.7 Å². The van der Waals surface area contributed by atoms with Gasteiger partial charge >= 0.3 is 0 Å². The Morgan fingerprint density at radius 2 is 1.88 bits per heavy atom. The van der Waals surface area contributed by atoms with Gasteiger partial charge in [0.05, 0.1) is 5.69 Å². The van der Waals surface area contributed by atoms with Gasteiger partial charge in [-0.2, -0.15) is 5.10 Å². The van der Waals surface area contributed by atoms with Crippen LogP contribution in [-0.4, -0.2) is 33.3 Å². The van der Waals surface area contributed by atoms with Crippen LogP contribution in [0.1, 0.15) is 10.5 Å². The molecule has 0 unspecified atom stereocenters. The first-order valence-corrected chi connectivity index (χ1v) is 7.98. The minimum Gasteiger partial charge on any atom is -0.355 e. The molecule has 1 N–H and O–H groups in total. The highest BCUT2D eigenvalue weighted by Crippen LogP contribution is 2.23. The normalized spacial score (nSPS) is 10.7. The zero-order valence-electron chi connectivity index (χ0n) is 14.0. The van der Waals surface area contributed by atoms with Gasteiger partial charge in [-0.3, -0.25) is 19.8 Å². The van der Waals surface area contributed by atoms with Crippen molar-refractivity contribution in [1.82, 2.24) is 20.3 Å². The molecule has 1 aromatic carbocycles. The fourth-order valence-electron chi connectivity index (χ4n) is 2.54. The molecule has 7 nitrogen and oxygen atoms in total. The van der Waals surface area contributed by atoms with Crippen LogP contribution in [0.5, 0.6) is 0 Å². The predicted molar refractivity (Wildman–Crippen MR) is 96.5 cm³/mol. The summed E-state index contributed by atoms with van der Waals surface area (Å²) in [6.07, 6.45) is 3.32. The number of anilines is 1. The first-order valence-electron chi connectivity index (χ1n) is 7.98. The number of nitrogens with one attached hydrogen (secondary N) is 1. The fraction of sp³-hybridized carbons (Fsp3) is 0.0526. The molecule has 0 aliphatic carbocycles. The molecule has 3 aromatic heterocycles. The van der Waals surface area contributed by atoms with E-state index in [4.69, 9.17) is 4.52 Å². The van der Waals surface area contributed by atoms with E-state index in [2.05, 4.69) is 20.3 Å². The standard InChI is InChI=1S/C19H15N5O2/c1-24(18-11-15(21-22-18)13-6-3-2-4-7-13)19(25)16-10-17(26-23-16)14-8-5-9-20-12-14/h2-12H,1H3,(H,21,22). The van der Waals surface area contributed by atoms with Gasteiger partial charge in [-0.25, -0.2) is 0 Å². The van der Waals surface area contributed by atoms with E-state index in [-0.39, 0.29) is 11.6 Å². The number of H-pyrrole nitrogens is 1. The van der Waals surface area contributed by atoms with Crippen molar-refractivity contribution < 1.29 is 9.32 Å². The van der Waals surface area contributed by atoms with Crippen LogP contribution in [-0.2, 0) is 0 Å². The maximum absolute atomic E-state index is 12.7. The quantitative estimate of drug-likeness (QED) is 0.612. The van der Waals surface area contributed by atoms with E-state index in [1.807, 2.05) is 42.5 Å². The van der Waals surface area contributed by atoms with Crippen LogP contribution >= 0.6 is 0 Å². The van der Waals surface area contributed by atoms with E-state index in [9.17, 15) is 4.79 Å². The second-order valence-electron chi connectivity index (χ2n) is 5.69. The summed E-state index contributed by atoms with van der Waals surface area (Å²) in [6.45, 7) is 0. The lowest BCUT2D eigenvalue weighted by Crippen LogP contribution is -2.26. The van der Waals surface area contributed by atoms with E-state index in [1.165, 1.54) is 4.90 Å². The summed E-state index contributed by atoms with van der Waals surface area (Å²) < 4.78 is 5.27. The molecule has 4 rings (SSSR count). The lowest BCUT2D eigenvalue weighted by Gasteiger charge is -2.11. The fourth-order valence-corrected chi connectivity index (χ4v) is 2.54. The lowest BCUT2D eigenvalue weighted by atomic mass is 10.1. The molecular weight excluding hydrogens is 330 g/mol. The Labute approximate surface area is 149 Å². The molecule has 0 aliphatic rings. The number of benzene rings is 1. The third-order valence-corrected chi connectivity index (χ3v) is 3.97. The zero-order chi connectivity index (χ0) is 17.9. The van der Waals surface area contributed by atoms with Gasteiger partial charge in [0.2, 0.25) is 0 Å². The Morgan fingerprint density at radius 1 is 1.08 bits per heavy atom. The summed E-state index contributed by atoms with van der Waals surface area (Å²) in [5.41, 5.74) is 2.78. The topological polar surface area (TPSA) is 87.9 Å². The highest BCUT2D eigenvalue weighted by molar-refractivity contribution is 6.04. The largest absolute Gasteiger partial charge is 0.355 e. The minimum absolute atomic E-state index is 0.204. The molecular formula is C19H15N5O2. The van der Waals surface area contributed by atoms with Crippen molar-refractivity contribution in [2.75, 3.05) is 11.9 Å². The maximum Gasteiger partial charge on any atom is 0.281 e. The molecule has 26 heavy (non-hydrogen) atoms. The van der Waals surface area contributed by atoms with Gasteiger partial charge in [0, 0.05) is 37.1 Å². The van der Waals surface area contributed by atoms with Crippen LogP contribution in [0.25, 0.3) is 22.6 Å². The van der Waals surface area contributed by atoms with Crippen LogP contribution in [0.15, 0.2) is 71.5 Å². The van der Waals surface area contributed by atoms with Crippen molar-refractivity contribution in [2.45, 2.75) is 0 Å². The molecule has 0 bridgehead atoms. The molecule has 0 saturated carbocycles. The Hall–Kier alpha value is -3.74. The van der Waals surface area contributed by atoms with Crippen molar-refractivity contribution in [3.8, 4) is 22.6 Å². The van der Waals surface area contributed by atoms with Crippen LogP contribution < -0.4 is 4.90 Å². The smallest absolute Gasteiger partial charge is 0.281 e. The van der Waals surface area contributed by atoms with E-state index in [0.29, 0.717) is 11.6 Å². The molecule has 0 fully saturated rings. The Morgan fingerprint density at radius 3 is 2.65 bits per heavy atom. The molecule has 0 spiro atoms. The lowest BCUT2D eigenvalue weighted by molar-refractivity contribution is 0.0983. The summed E-state index contributed by atoms with van der Waals surface area (Å²) in [4.78, 5) is 18.1. The summed E-state index contributed by atoms with van der Waals surface area (Å²) in [5, 5.41) is 11.0. The van der Waals surface area contributed by atoms with Crippen molar-refractivity contribution in [1.29, 1.82) is 0 Å². The van der Waals surface area contributed by atoms with Gasteiger partial charge in [-0.1, -0.05) is 35.5 Å². The molecule has 0 saturated heterocycles. The molecule has 7 heteroatoms. The van der Waals surface area contributed by atoms with Gasteiger partial charge in [-0.15, -0.1) is 0 Å². The summed E-state index contributed by atoms with van der Waals surface area (Å²) >= 11 is 0. The monoisotopic (exact) mass is 345 g/mol. The maximum atomic E-state index is 12.7. The van der Waals surface area contributed by atoms with Gasteiger partial charge < -0.3 is 4.52 Å². The number of nitrogens with zero attached hydrogens (tertiary/aromatic N) is 4. The van der Waals surface area contributed by atoms with Crippen LogP contribution in [0.3, 0.4) is 0 Å². The highest BCUT2D eigenvalue weighted by atomic mass is 16.5. The first kappa shape index (κ1) is 15.8. The van der Waals surface area contributed by atoms with Crippen LogP contribution in [0, 0.1) is 0 Å². The molecule has 0 aliphatic heterocycles. The number of amides is 1. The minimum atomic E-state index is -0.310. The number of aromatic nitrogens is 4. The van der Waals surface area contributed by atoms with Crippen molar-refractivity contribution in [2.24, 2.45) is 0 Å². The Bertz CT molecular complexity index is 1020. The van der Waals surface area contributed by atoms with Crippen molar-refractivity contribution in [3.63, 3.8) is 0 Å². The number of carbonyl (C=O) groups is 1. The van der Waals surface area contributed by atoms with E-state index in [0.717, 1.165) is 16.8 Å². The zero-order valence-corrected chi connectivity index (χ0v) is 14.0. The third-order valence-electron chi connectivity index (χ3n) is 3.97. The summed E-state index contributed by atoms with van der Waals surface area (Å²) in [6, 6.07) is 16.8. The van der Waals surface area contributed by atoms with Gasteiger partial charge in [-0.05, 0) is 17.7 Å². The second-order valence-corrected chi connectivity index (χ2v) is 5.69. The Balaban J connectivity index is 1.55. The second kappa shape index (κ2) is 6.64. The molecule has 3 heterocycles. The number of aromatic amines is 1. The number of hydrogen-bond acceptors (Lipinski definition) is 5. The average molecular weight is 345 g/mol. The van der Waals surface area contributed by atoms with Gasteiger partial charge in [0.25, 0.3) is 5.91 Å². The van der Waals surface area contributed by atoms with Crippen LogP contribution in [0.4, 0.5) is 5.82 Å². The summed E-state index contributed by atoms with van der Waals surface area (Å²) in [7, 11) is 1.64. The first-order chi connectivity index (χ1) is 12.7. The average Bonchev–Trinajstić information content (AvgIpc) is 3.38.